The molecule has 4 heteroatoms. The van der Waals surface area contributed by atoms with Gasteiger partial charge in [-0.25, -0.2) is 4.98 Å². The lowest BCUT2D eigenvalue weighted by molar-refractivity contribution is -0.00000454. The van der Waals surface area contributed by atoms with E-state index in [1.807, 2.05) is 43.3 Å². The number of aromatic nitrogens is 2. The van der Waals surface area contributed by atoms with Crippen molar-refractivity contribution in [3.8, 4) is 17.0 Å². The fourth-order valence-corrected chi connectivity index (χ4v) is 2.24. The Labute approximate surface area is 135 Å². The molecule has 20 heavy (non-hydrogen) atoms. The van der Waals surface area contributed by atoms with Crippen LogP contribution in [0.25, 0.3) is 16.9 Å². The summed E-state index contributed by atoms with van der Waals surface area (Å²) in [6.07, 6.45) is 2.06. The van der Waals surface area contributed by atoms with Crippen LogP contribution in [-0.4, -0.2) is 16.0 Å². The smallest absolute Gasteiger partial charge is 0.137 e. The third-order valence-electron chi connectivity index (χ3n) is 3.16. The van der Waals surface area contributed by atoms with Crippen molar-refractivity contribution in [2.75, 3.05) is 6.61 Å². The van der Waals surface area contributed by atoms with Gasteiger partial charge >= 0.3 is 0 Å². The Hall–Kier alpha value is -1.56. The second-order valence-corrected chi connectivity index (χ2v) is 4.45. The first-order chi connectivity index (χ1) is 9.29. The zero-order chi connectivity index (χ0) is 13.2. The van der Waals surface area contributed by atoms with Crippen LogP contribution in [-0.2, 0) is 0 Å². The lowest BCUT2D eigenvalue weighted by Gasteiger charge is -2.07. The summed E-state index contributed by atoms with van der Waals surface area (Å²) >= 11 is 0. The molecule has 3 rings (SSSR count). The molecule has 0 radical (unpaired) electrons. The average molecular weight is 379 g/mol. The molecule has 0 bridgehead atoms. The van der Waals surface area contributed by atoms with Gasteiger partial charge in [0.15, 0.2) is 0 Å². The number of rotatable bonds is 3. The lowest BCUT2D eigenvalue weighted by atomic mass is 10.1. The molecular formula is C16H16IN2O-. The van der Waals surface area contributed by atoms with Crippen LogP contribution in [0.1, 0.15) is 12.6 Å². The van der Waals surface area contributed by atoms with E-state index in [2.05, 4.69) is 28.6 Å². The highest BCUT2D eigenvalue weighted by atomic mass is 127. The third kappa shape index (κ3) is 2.65. The number of imidazole rings is 1. The minimum atomic E-state index is 0. The molecule has 0 aliphatic carbocycles. The Balaban J connectivity index is 0.00000147. The van der Waals surface area contributed by atoms with Gasteiger partial charge in [0.2, 0.25) is 0 Å². The number of aryl methyl sites for hydroxylation is 1. The minimum Gasteiger partial charge on any atom is -1.00 e. The summed E-state index contributed by atoms with van der Waals surface area (Å²) in [5.41, 5.74) is 4.11. The minimum absolute atomic E-state index is 0. The third-order valence-corrected chi connectivity index (χ3v) is 3.16. The highest BCUT2D eigenvalue weighted by Crippen LogP contribution is 2.29. The van der Waals surface area contributed by atoms with Crippen LogP contribution < -0.4 is 28.7 Å². The SMILES string of the molecule is CCOc1ccccc1-c1cn2c(C)cccc2n1.[I-]. The topological polar surface area (TPSA) is 26.5 Å². The Kier molecular flexibility index (Phi) is 4.65. The van der Waals surface area contributed by atoms with Crippen molar-refractivity contribution >= 4 is 5.65 Å². The lowest BCUT2D eigenvalue weighted by Crippen LogP contribution is -3.00. The molecule has 104 valence electrons. The van der Waals surface area contributed by atoms with Crippen molar-refractivity contribution in [2.24, 2.45) is 0 Å². The van der Waals surface area contributed by atoms with Crippen molar-refractivity contribution in [1.82, 2.24) is 9.38 Å². The van der Waals surface area contributed by atoms with E-state index in [0.717, 1.165) is 22.7 Å². The van der Waals surface area contributed by atoms with E-state index in [1.54, 1.807) is 0 Å². The monoisotopic (exact) mass is 379 g/mol. The quantitative estimate of drug-likeness (QED) is 0.627. The predicted molar refractivity (Wildman–Crippen MR) is 76.5 cm³/mol. The second-order valence-electron chi connectivity index (χ2n) is 4.45. The number of pyridine rings is 1. The molecule has 0 spiro atoms. The van der Waals surface area contributed by atoms with Crippen LogP contribution in [0.5, 0.6) is 5.75 Å². The molecule has 0 amide bonds. The normalized spacial score (nSPS) is 10.3. The van der Waals surface area contributed by atoms with Crippen LogP contribution in [0.3, 0.4) is 0 Å². The van der Waals surface area contributed by atoms with Gasteiger partial charge in [-0.05, 0) is 38.1 Å². The Morgan fingerprint density at radius 3 is 2.65 bits per heavy atom. The van der Waals surface area contributed by atoms with Gasteiger partial charge in [0, 0.05) is 17.5 Å². The summed E-state index contributed by atoms with van der Waals surface area (Å²) in [5, 5.41) is 0. The zero-order valence-corrected chi connectivity index (χ0v) is 13.7. The van der Waals surface area contributed by atoms with Gasteiger partial charge in [-0.15, -0.1) is 0 Å². The van der Waals surface area contributed by atoms with Crippen LogP contribution in [0.4, 0.5) is 0 Å². The molecule has 0 unspecified atom stereocenters. The number of benzene rings is 1. The molecule has 0 aliphatic heterocycles. The second kappa shape index (κ2) is 6.26. The molecule has 0 N–H and O–H groups in total. The molecular weight excluding hydrogens is 363 g/mol. The van der Waals surface area contributed by atoms with Gasteiger partial charge in [0.25, 0.3) is 0 Å². The van der Waals surface area contributed by atoms with Gasteiger partial charge in [-0.3, -0.25) is 0 Å². The van der Waals surface area contributed by atoms with Crippen molar-refractivity contribution in [2.45, 2.75) is 13.8 Å². The molecule has 3 nitrogen and oxygen atoms in total. The van der Waals surface area contributed by atoms with E-state index in [4.69, 9.17) is 4.74 Å². The molecule has 0 fully saturated rings. The molecule has 0 saturated carbocycles. The number of fused-ring (bicyclic) bond motifs is 1. The number of halogens is 1. The predicted octanol–water partition coefficient (Wildman–Crippen LogP) is 0.712. The fraction of sp³-hybridized carbons (Fsp3) is 0.188. The first-order valence-electron chi connectivity index (χ1n) is 6.46. The largest absolute Gasteiger partial charge is 1.00 e. The standard InChI is InChI=1S/C16H16N2O.HI/c1-3-19-15-9-5-4-8-13(15)14-11-18-12(2)7-6-10-16(18)17-14;/h4-11H,3H2,1-2H3;1H/p-1. The van der Waals surface area contributed by atoms with Gasteiger partial charge in [0.1, 0.15) is 11.4 Å². The first-order valence-corrected chi connectivity index (χ1v) is 6.46. The van der Waals surface area contributed by atoms with E-state index in [9.17, 15) is 0 Å². The maximum Gasteiger partial charge on any atom is 0.137 e. The fourth-order valence-electron chi connectivity index (χ4n) is 2.24. The summed E-state index contributed by atoms with van der Waals surface area (Å²) in [4.78, 5) is 4.67. The first kappa shape index (κ1) is 14.8. The Bertz CT molecular complexity index is 721. The summed E-state index contributed by atoms with van der Waals surface area (Å²) in [7, 11) is 0. The van der Waals surface area contributed by atoms with Crippen LogP contribution in [0.15, 0.2) is 48.7 Å². The molecule has 0 atom stereocenters. The van der Waals surface area contributed by atoms with Crippen LogP contribution >= 0.6 is 0 Å². The Morgan fingerprint density at radius 1 is 1.10 bits per heavy atom. The van der Waals surface area contributed by atoms with Crippen molar-refractivity contribution in [3.63, 3.8) is 0 Å². The molecule has 1 aromatic carbocycles. The van der Waals surface area contributed by atoms with E-state index in [1.165, 1.54) is 5.69 Å². The Morgan fingerprint density at radius 2 is 1.90 bits per heavy atom. The number of hydrogen-bond donors (Lipinski definition) is 0. The van der Waals surface area contributed by atoms with Gasteiger partial charge < -0.3 is 33.1 Å². The molecule has 0 aliphatic rings. The zero-order valence-electron chi connectivity index (χ0n) is 11.5. The summed E-state index contributed by atoms with van der Waals surface area (Å²) in [6.45, 7) is 4.72. The highest BCUT2D eigenvalue weighted by molar-refractivity contribution is 5.69. The van der Waals surface area contributed by atoms with Crippen molar-refractivity contribution in [1.29, 1.82) is 0 Å². The van der Waals surface area contributed by atoms with Crippen LogP contribution in [0, 0.1) is 6.92 Å². The number of para-hydroxylation sites is 1. The van der Waals surface area contributed by atoms with E-state index >= 15 is 0 Å². The summed E-state index contributed by atoms with van der Waals surface area (Å²) in [6, 6.07) is 14.1. The van der Waals surface area contributed by atoms with Crippen molar-refractivity contribution < 1.29 is 28.7 Å². The number of ether oxygens (including phenoxy) is 1. The van der Waals surface area contributed by atoms with E-state index in [-0.39, 0.29) is 24.0 Å². The summed E-state index contributed by atoms with van der Waals surface area (Å²) in [5.74, 6) is 0.881. The highest BCUT2D eigenvalue weighted by Gasteiger charge is 2.10. The molecule has 2 aromatic heterocycles. The summed E-state index contributed by atoms with van der Waals surface area (Å²) < 4.78 is 7.76. The maximum atomic E-state index is 5.67. The van der Waals surface area contributed by atoms with E-state index in [0.29, 0.717) is 6.61 Å². The molecule has 0 saturated heterocycles. The maximum absolute atomic E-state index is 5.67. The molecule has 2 heterocycles. The average Bonchev–Trinajstić information content (AvgIpc) is 2.85. The van der Waals surface area contributed by atoms with Crippen molar-refractivity contribution in [3.05, 3.63) is 54.4 Å². The number of nitrogens with zero attached hydrogens (tertiary/aromatic N) is 2. The number of hydrogen-bond acceptors (Lipinski definition) is 2. The molecule has 3 aromatic rings. The van der Waals surface area contributed by atoms with Gasteiger partial charge in [-0.2, -0.15) is 0 Å². The van der Waals surface area contributed by atoms with Gasteiger partial charge in [0.05, 0.1) is 12.3 Å². The van der Waals surface area contributed by atoms with E-state index < -0.39 is 0 Å². The van der Waals surface area contributed by atoms with Crippen LogP contribution in [0.2, 0.25) is 0 Å². The van der Waals surface area contributed by atoms with Gasteiger partial charge in [-0.1, -0.05) is 18.2 Å².